The lowest BCUT2D eigenvalue weighted by Gasteiger charge is -2.10. The predicted molar refractivity (Wildman–Crippen MR) is 75.2 cm³/mol. The Morgan fingerprint density at radius 2 is 2.11 bits per heavy atom. The van der Waals surface area contributed by atoms with E-state index in [1.165, 1.54) is 0 Å². The van der Waals surface area contributed by atoms with E-state index >= 15 is 0 Å². The van der Waals surface area contributed by atoms with Crippen LogP contribution in [0.4, 0.5) is 0 Å². The Balaban J connectivity index is 2.82. The lowest BCUT2D eigenvalue weighted by atomic mass is 10.0. The van der Waals surface area contributed by atoms with Gasteiger partial charge in [-0.25, -0.2) is 0 Å². The molecule has 96 valence electrons. The summed E-state index contributed by atoms with van der Waals surface area (Å²) in [6.45, 7) is 9.65. The molecule has 1 aromatic rings. The third kappa shape index (κ3) is 4.21. The van der Waals surface area contributed by atoms with Crippen molar-refractivity contribution in [2.75, 3.05) is 6.61 Å². The summed E-state index contributed by atoms with van der Waals surface area (Å²) in [6.07, 6.45) is 5.72. The van der Waals surface area contributed by atoms with Crippen molar-refractivity contribution in [1.82, 2.24) is 0 Å². The van der Waals surface area contributed by atoms with E-state index in [-0.39, 0.29) is 5.78 Å². The molecule has 18 heavy (non-hydrogen) atoms. The molecular formula is C16H20O2. The molecule has 0 saturated heterocycles. The number of benzene rings is 1. The molecule has 2 nitrogen and oxygen atoms in total. The number of allylic oxidation sites excluding steroid dienone is 1. The Hall–Kier alpha value is -1.83. The Bertz CT molecular complexity index is 433. The van der Waals surface area contributed by atoms with Crippen LogP contribution < -0.4 is 4.74 Å². The van der Waals surface area contributed by atoms with Crippen molar-refractivity contribution < 1.29 is 9.53 Å². The summed E-state index contributed by atoms with van der Waals surface area (Å²) in [7, 11) is 0. The monoisotopic (exact) mass is 244 g/mol. The first kappa shape index (κ1) is 14.2. The molecule has 0 aromatic heterocycles. The lowest BCUT2D eigenvalue weighted by Crippen LogP contribution is -2.04. The first-order valence-electron chi connectivity index (χ1n) is 6.17. The van der Waals surface area contributed by atoms with E-state index in [0.29, 0.717) is 24.3 Å². The normalized spacial score (nSPS) is 9.83. The Morgan fingerprint density at radius 3 is 2.78 bits per heavy atom. The SMILES string of the molecule is C=CCCCC(=O)c1cc(C)ccc1OCC=C. The number of carbonyl (C=O) groups is 1. The number of hydrogen-bond acceptors (Lipinski definition) is 2. The van der Waals surface area contributed by atoms with Crippen LogP contribution >= 0.6 is 0 Å². The van der Waals surface area contributed by atoms with Crippen molar-refractivity contribution in [3.63, 3.8) is 0 Å². The van der Waals surface area contributed by atoms with Crippen molar-refractivity contribution in [2.24, 2.45) is 0 Å². The van der Waals surface area contributed by atoms with Crippen LogP contribution in [0.25, 0.3) is 0 Å². The van der Waals surface area contributed by atoms with Gasteiger partial charge in [0.05, 0.1) is 5.56 Å². The molecule has 0 bridgehead atoms. The van der Waals surface area contributed by atoms with Gasteiger partial charge in [0.25, 0.3) is 0 Å². The molecule has 0 amide bonds. The number of carbonyl (C=O) groups excluding carboxylic acids is 1. The second kappa shape index (κ2) is 7.49. The van der Waals surface area contributed by atoms with Gasteiger partial charge < -0.3 is 4.74 Å². The van der Waals surface area contributed by atoms with E-state index in [1.807, 2.05) is 31.2 Å². The lowest BCUT2D eigenvalue weighted by molar-refractivity contribution is 0.0977. The number of hydrogen-bond donors (Lipinski definition) is 0. The quantitative estimate of drug-likeness (QED) is 0.391. The zero-order chi connectivity index (χ0) is 13.4. The Morgan fingerprint density at radius 1 is 1.33 bits per heavy atom. The van der Waals surface area contributed by atoms with Gasteiger partial charge in [0.15, 0.2) is 5.78 Å². The summed E-state index contributed by atoms with van der Waals surface area (Å²) in [5.74, 6) is 0.767. The average molecular weight is 244 g/mol. The van der Waals surface area contributed by atoms with Crippen LogP contribution in [0, 0.1) is 6.92 Å². The highest BCUT2D eigenvalue weighted by molar-refractivity contribution is 5.98. The fourth-order valence-corrected chi connectivity index (χ4v) is 1.68. The fraction of sp³-hybridized carbons (Fsp3) is 0.312. The average Bonchev–Trinajstić information content (AvgIpc) is 2.37. The van der Waals surface area contributed by atoms with Gasteiger partial charge in [-0.2, -0.15) is 0 Å². The van der Waals surface area contributed by atoms with Crippen molar-refractivity contribution in [3.8, 4) is 5.75 Å². The molecule has 0 unspecified atom stereocenters. The molecule has 0 saturated carbocycles. The zero-order valence-corrected chi connectivity index (χ0v) is 10.9. The number of ketones is 1. The van der Waals surface area contributed by atoms with Crippen LogP contribution in [0.3, 0.4) is 0 Å². The summed E-state index contributed by atoms with van der Waals surface area (Å²) < 4.78 is 5.51. The van der Waals surface area contributed by atoms with Gasteiger partial charge >= 0.3 is 0 Å². The van der Waals surface area contributed by atoms with E-state index in [2.05, 4.69) is 13.2 Å². The minimum Gasteiger partial charge on any atom is -0.489 e. The third-order valence-corrected chi connectivity index (χ3v) is 2.60. The second-order valence-corrected chi connectivity index (χ2v) is 4.20. The summed E-state index contributed by atoms with van der Waals surface area (Å²) >= 11 is 0. The molecule has 0 fully saturated rings. The van der Waals surface area contributed by atoms with E-state index in [4.69, 9.17) is 4.74 Å². The van der Waals surface area contributed by atoms with Crippen molar-refractivity contribution in [1.29, 1.82) is 0 Å². The maximum absolute atomic E-state index is 12.1. The van der Waals surface area contributed by atoms with Gasteiger partial charge in [-0.3, -0.25) is 4.79 Å². The van der Waals surface area contributed by atoms with Gasteiger partial charge in [0.2, 0.25) is 0 Å². The highest BCUT2D eigenvalue weighted by atomic mass is 16.5. The van der Waals surface area contributed by atoms with E-state index in [0.717, 1.165) is 18.4 Å². The van der Waals surface area contributed by atoms with Crippen molar-refractivity contribution in [2.45, 2.75) is 26.2 Å². The molecule has 0 heterocycles. The van der Waals surface area contributed by atoms with Crippen LogP contribution in [-0.4, -0.2) is 12.4 Å². The Labute approximate surface area is 109 Å². The standard InChI is InChI=1S/C16H20O2/c1-4-6-7-8-15(17)14-12-13(3)9-10-16(14)18-11-5-2/h4-5,9-10,12H,1-2,6-8,11H2,3H3. The fourth-order valence-electron chi connectivity index (χ4n) is 1.68. The maximum atomic E-state index is 12.1. The number of rotatable bonds is 8. The van der Waals surface area contributed by atoms with Crippen LogP contribution in [0.15, 0.2) is 43.5 Å². The molecule has 1 rings (SSSR count). The third-order valence-electron chi connectivity index (χ3n) is 2.60. The minimum absolute atomic E-state index is 0.125. The van der Waals surface area contributed by atoms with Crippen molar-refractivity contribution >= 4 is 5.78 Å². The first-order valence-corrected chi connectivity index (χ1v) is 6.17. The topological polar surface area (TPSA) is 26.3 Å². The van der Waals surface area contributed by atoms with Gasteiger partial charge in [-0.05, 0) is 31.9 Å². The molecule has 0 aliphatic carbocycles. The number of Topliss-reactive ketones (excluding diaryl/α,β-unsaturated/α-hetero) is 1. The van der Waals surface area contributed by atoms with Crippen LogP contribution in [-0.2, 0) is 0 Å². The van der Waals surface area contributed by atoms with Gasteiger partial charge in [0.1, 0.15) is 12.4 Å². The second-order valence-electron chi connectivity index (χ2n) is 4.20. The molecule has 0 aliphatic rings. The molecule has 1 aromatic carbocycles. The first-order chi connectivity index (χ1) is 8.69. The molecule has 0 spiro atoms. The Kier molecular flexibility index (Phi) is 5.92. The molecule has 0 atom stereocenters. The van der Waals surface area contributed by atoms with Crippen molar-refractivity contribution in [3.05, 3.63) is 54.6 Å². The molecular weight excluding hydrogens is 224 g/mol. The number of unbranched alkanes of at least 4 members (excludes halogenated alkanes) is 1. The zero-order valence-electron chi connectivity index (χ0n) is 10.9. The molecule has 0 radical (unpaired) electrons. The smallest absolute Gasteiger partial charge is 0.166 e. The summed E-state index contributed by atoms with van der Waals surface area (Å²) in [6, 6.07) is 5.67. The summed E-state index contributed by atoms with van der Waals surface area (Å²) in [4.78, 5) is 12.1. The van der Waals surface area contributed by atoms with E-state index in [1.54, 1.807) is 6.08 Å². The largest absolute Gasteiger partial charge is 0.489 e. The van der Waals surface area contributed by atoms with Crippen LogP contribution in [0.2, 0.25) is 0 Å². The predicted octanol–water partition coefficient (Wildman–Crippen LogP) is 4.10. The van der Waals surface area contributed by atoms with E-state index in [9.17, 15) is 4.79 Å². The molecule has 0 aliphatic heterocycles. The highest BCUT2D eigenvalue weighted by Gasteiger charge is 2.12. The van der Waals surface area contributed by atoms with Gasteiger partial charge in [0, 0.05) is 6.42 Å². The molecule has 2 heteroatoms. The minimum atomic E-state index is 0.125. The number of aryl methyl sites for hydroxylation is 1. The van der Waals surface area contributed by atoms with Gasteiger partial charge in [-0.15, -0.1) is 6.58 Å². The number of ether oxygens (including phenoxy) is 1. The highest BCUT2D eigenvalue weighted by Crippen LogP contribution is 2.22. The van der Waals surface area contributed by atoms with Gasteiger partial charge in [-0.1, -0.05) is 30.4 Å². The van der Waals surface area contributed by atoms with E-state index < -0.39 is 0 Å². The summed E-state index contributed by atoms with van der Waals surface area (Å²) in [5.41, 5.74) is 1.73. The van der Waals surface area contributed by atoms with Crippen LogP contribution in [0.5, 0.6) is 5.75 Å². The maximum Gasteiger partial charge on any atom is 0.166 e. The molecule has 0 N–H and O–H groups in total. The summed E-state index contributed by atoms with van der Waals surface area (Å²) in [5, 5.41) is 0. The van der Waals surface area contributed by atoms with Crippen LogP contribution in [0.1, 0.15) is 35.2 Å².